The predicted octanol–water partition coefficient (Wildman–Crippen LogP) is 1.63. The second-order valence-corrected chi connectivity index (χ2v) is 7.27. The Morgan fingerprint density at radius 3 is 2.40 bits per heavy atom. The van der Waals surface area contributed by atoms with Crippen LogP contribution in [0.15, 0.2) is 0 Å². The first-order chi connectivity index (χ1) is 9.26. The van der Waals surface area contributed by atoms with E-state index in [0.29, 0.717) is 12.1 Å². The number of rotatable bonds is 2. The molecule has 0 N–H and O–H groups in total. The molecular weight excluding hydrogens is 254 g/mol. The third-order valence-electron chi connectivity index (χ3n) is 4.26. The summed E-state index contributed by atoms with van der Waals surface area (Å²) in [7, 11) is 4.30. The van der Waals surface area contributed by atoms with E-state index in [-0.39, 0.29) is 6.09 Å². The van der Waals surface area contributed by atoms with Crippen LogP contribution in [0.25, 0.3) is 0 Å². The van der Waals surface area contributed by atoms with Crippen molar-refractivity contribution in [2.75, 3.05) is 40.3 Å². The average Bonchev–Trinajstić information content (AvgIpc) is 2.95. The average molecular weight is 283 g/mol. The molecular formula is C15H29N3O2. The van der Waals surface area contributed by atoms with Gasteiger partial charge in [0.25, 0.3) is 0 Å². The van der Waals surface area contributed by atoms with Gasteiger partial charge in [-0.25, -0.2) is 4.79 Å². The molecule has 2 aliphatic heterocycles. The molecule has 0 aliphatic carbocycles. The number of carbonyl (C=O) groups is 1. The van der Waals surface area contributed by atoms with Gasteiger partial charge in [0.1, 0.15) is 5.60 Å². The van der Waals surface area contributed by atoms with Gasteiger partial charge < -0.3 is 14.5 Å². The Kier molecular flexibility index (Phi) is 4.59. The molecule has 2 aliphatic rings. The molecule has 116 valence electrons. The van der Waals surface area contributed by atoms with Gasteiger partial charge in [0.15, 0.2) is 0 Å². The minimum absolute atomic E-state index is 0.164. The fraction of sp³-hybridized carbons (Fsp3) is 0.933. The lowest BCUT2D eigenvalue weighted by Crippen LogP contribution is -2.41. The van der Waals surface area contributed by atoms with E-state index >= 15 is 0 Å². The van der Waals surface area contributed by atoms with Gasteiger partial charge in [0.05, 0.1) is 0 Å². The summed E-state index contributed by atoms with van der Waals surface area (Å²) in [5, 5.41) is 0. The van der Waals surface area contributed by atoms with Crippen molar-refractivity contribution in [1.82, 2.24) is 14.7 Å². The quantitative estimate of drug-likeness (QED) is 0.772. The molecule has 20 heavy (non-hydrogen) atoms. The number of ether oxygens (including phenoxy) is 1. The van der Waals surface area contributed by atoms with Gasteiger partial charge in [-0.05, 0) is 47.7 Å². The number of hydrogen-bond acceptors (Lipinski definition) is 4. The largest absolute Gasteiger partial charge is 0.444 e. The van der Waals surface area contributed by atoms with E-state index in [0.717, 1.165) is 32.6 Å². The molecule has 0 bridgehead atoms. The van der Waals surface area contributed by atoms with E-state index in [2.05, 4.69) is 23.9 Å². The second kappa shape index (κ2) is 5.90. The summed E-state index contributed by atoms with van der Waals surface area (Å²) in [6.45, 7) is 9.66. The van der Waals surface area contributed by atoms with Crippen molar-refractivity contribution in [3.05, 3.63) is 0 Å². The normalized spacial score (nSPS) is 28.4. The minimum Gasteiger partial charge on any atom is -0.444 e. The Labute approximate surface area is 122 Å². The fourth-order valence-electron chi connectivity index (χ4n) is 3.05. The van der Waals surface area contributed by atoms with E-state index < -0.39 is 5.60 Å². The fourth-order valence-corrected chi connectivity index (χ4v) is 3.05. The van der Waals surface area contributed by atoms with Crippen LogP contribution >= 0.6 is 0 Å². The molecule has 0 spiro atoms. The topological polar surface area (TPSA) is 36.0 Å². The zero-order valence-electron chi connectivity index (χ0n) is 13.6. The van der Waals surface area contributed by atoms with Crippen molar-refractivity contribution in [2.45, 2.75) is 51.3 Å². The third kappa shape index (κ3) is 3.85. The van der Waals surface area contributed by atoms with Gasteiger partial charge in [-0.2, -0.15) is 0 Å². The highest BCUT2D eigenvalue weighted by Gasteiger charge is 2.36. The lowest BCUT2D eigenvalue weighted by molar-refractivity contribution is 0.0282. The highest BCUT2D eigenvalue weighted by molar-refractivity contribution is 5.68. The van der Waals surface area contributed by atoms with Crippen LogP contribution in [0.2, 0.25) is 0 Å². The molecule has 0 aromatic rings. The van der Waals surface area contributed by atoms with Crippen molar-refractivity contribution in [3.63, 3.8) is 0 Å². The van der Waals surface area contributed by atoms with Gasteiger partial charge in [-0.1, -0.05) is 0 Å². The molecule has 2 fully saturated rings. The molecule has 0 aromatic carbocycles. The van der Waals surface area contributed by atoms with E-state index in [1.807, 2.05) is 25.7 Å². The lowest BCUT2D eigenvalue weighted by Gasteiger charge is -2.27. The van der Waals surface area contributed by atoms with E-state index in [9.17, 15) is 4.79 Å². The number of likely N-dealkylation sites (tertiary alicyclic amines) is 2. The Morgan fingerprint density at radius 2 is 1.85 bits per heavy atom. The lowest BCUT2D eigenvalue weighted by atomic mass is 10.2. The van der Waals surface area contributed by atoms with Gasteiger partial charge in [-0.3, -0.25) is 4.90 Å². The molecule has 2 rings (SSSR count). The monoisotopic (exact) mass is 283 g/mol. The molecule has 5 heteroatoms. The maximum atomic E-state index is 12.1. The number of carbonyl (C=O) groups excluding carboxylic acids is 1. The molecule has 5 nitrogen and oxygen atoms in total. The van der Waals surface area contributed by atoms with Gasteiger partial charge in [0.2, 0.25) is 0 Å². The van der Waals surface area contributed by atoms with Gasteiger partial charge in [0, 0.05) is 38.3 Å². The summed E-state index contributed by atoms with van der Waals surface area (Å²) < 4.78 is 5.45. The molecule has 2 atom stereocenters. The summed E-state index contributed by atoms with van der Waals surface area (Å²) in [4.78, 5) is 18.8. The van der Waals surface area contributed by atoms with Crippen molar-refractivity contribution >= 4 is 6.09 Å². The Balaban J connectivity index is 1.82. The summed E-state index contributed by atoms with van der Waals surface area (Å²) in [6.07, 6.45) is 2.14. The zero-order chi connectivity index (χ0) is 14.9. The van der Waals surface area contributed by atoms with Gasteiger partial charge in [-0.15, -0.1) is 0 Å². The SMILES string of the molecule is CN(C)[C@H]1CCN([C@@H]2CCN(C(=O)OC(C)(C)C)C2)C1. The Morgan fingerprint density at radius 1 is 1.15 bits per heavy atom. The molecule has 2 heterocycles. The number of likely N-dealkylation sites (N-methyl/N-ethyl adjacent to an activating group) is 1. The zero-order valence-corrected chi connectivity index (χ0v) is 13.6. The van der Waals surface area contributed by atoms with E-state index in [1.165, 1.54) is 6.42 Å². The number of nitrogens with zero attached hydrogens (tertiary/aromatic N) is 3. The maximum Gasteiger partial charge on any atom is 0.410 e. The number of hydrogen-bond donors (Lipinski definition) is 0. The minimum atomic E-state index is -0.404. The molecule has 0 aromatic heterocycles. The second-order valence-electron chi connectivity index (χ2n) is 7.27. The first kappa shape index (κ1) is 15.6. The molecule has 0 radical (unpaired) electrons. The van der Waals surface area contributed by atoms with Crippen LogP contribution in [0.4, 0.5) is 4.79 Å². The van der Waals surface area contributed by atoms with Crippen LogP contribution in [0.5, 0.6) is 0 Å². The van der Waals surface area contributed by atoms with Crippen LogP contribution in [0.1, 0.15) is 33.6 Å². The summed E-state index contributed by atoms with van der Waals surface area (Å²) >= 11 is 0. The van der Waals surface area contributed by atoms with Crippen molar-refractivity contribution < 1.29 is 9.53 Å². The first-order valence-corrected chi connectivity index (χ1v) is 7.64. The molecule has 1 amide bonds. The van der Waals surface area contributed by atoms with Crippen molar-refractivity contribution in [2.24, 2.45) is 0 Å². The molecule has 0 unspecified atom stereocenters. The third-order valence-corrected chi connectivity index (χ3v) is 4.26. The Bertz CT molecular complexity index is 352. The molecule has 2 saturated heterocycles. The summed E-state index contributed by atoms with van der Waals surface area (Å²) in [5.41, 5.74) is -0.404. The summed E-state index contributed by atoms with van der Waals surface area (Å²) in [5.74, 6) is 0. The van der Waals surface area contributed by atoms with Crippen LogP contribution < -0.4 is 0 Å². The maximum absolute atomic E-state index is 12.1. The summed E-state index contributed by atoms with van der Waals surface area (Å²) in [6, 6.07) is 1.16. The van der Waals surface area contributed by atoms with Crippen LogP contribution in [0, 0.1) is 0 Å². The highest BCUT2D eigenvalue weighted by atomic mass is 16.6. The van der Waals surface area contributed by atoms with Crippen molar-refractivity contribution in [3.8, 4) is 0 Å². The first-order valence-electron chi connectivity index (χ1n) is 7.64. The van der Waals surface area contributed by atoms with Crippen molar-refractivity contribution in [1.29, 1.82) is 0 Å². The molecule has 0 saturated carbocycles. The number of amides is 1. The Hall–Kier alpha value is -0.810. The van der Waals surface area contributed by atoms with Crippen LogP contribution in [-0.2, 0) is 4.74 Å². The van der Waals surface area contributed by atoms with Crippen LogP contribution in [-0.4, -0.2) is 78.8 Å². The van der Waals surface area contributed by atoms with E-state index in [4.69, 9.17) is 4.74 Å². The standard InChI is InChI=1S/C15H29N3O2/c1-15(2,3)20-14(19)18-9-7-13(11-18)17-8-6-12(10-17)16(4)5/h12-13H,6-11H2,1-5H3/t12-,13+/m0/s1. The smallest absolute Gasteiger partial charge is 0.410 e. The van der Waals surface area contributed by atoms with Crippen LogP contribution in [0.3, 0.4) is 0 Å². The highest BCUT2D eigenvalue weighted by Crippen LogP contribution is 2.23. The van der Waals surface area contributed by atoms with E-state index in [1.54, 1.807) is 0 Å². The predicted molar refractivity (Wildman–Crippen MR) is 79.9 cm³/mol. The van der Waals surface area contributed by atoms with Gasteiger partial charge >= 0.3 is 6.09 Å².